The van der Waals surface area contributed by atoms with Gasteiger partial charge in [0.2, 0.25) is 0 Å². The Kier molecular flexibility index (Phi) is 2.74. The molecule has 1 aliphatic rings. The summed E-state index contributed by atoms with van der Waals surface area (Å²) < 4.78 is 9.66. The summed E-state index contributed by atoms with van der Waals surface area (Å²) in [6.45, 7) is 6.64. The monoisotopic (exact) mass is 170 g/mol. The van der Waals surface area contributed by atoms with Gasteiger partial charge in [-0.1, -0.05) is 13.0 Å². The highest BCUT2D eigenvalue weighted by Crippen LogP contribution is 2.30. The van der Waals surface area contributed by atoms with Crippen LogP contribution >= 0.6 is 0 Å². The molecule has 0 radical (unpaired) electrons. The number of hydrogen-bond acceptors (Lipinski definition) is 3. The summed E-state index contributed by atoms with van der Waals surface area (Å²) in [5.41, 5.74) is -0.0321. The third-order valence-corrected chi connectivity index (χ3v) is 2.32. The molecule has 0 saturated carbocycles. The second-order valence-corrected chi connectivity index (χ2v) is 3.17. The van der Waals surface area contributed by atoms with E-state index in [1.807, 2.05) is 6.08 Å². The highest BCUT2D eigenvalue weighted by atomic mass is 16.7. The van der Waals surface area contributed by atoms with Crippen LogP contribution in [0.3, 0.4) is 0 Å². The number of rotatable bonds is 3. The van der Waals surface area contributed by atoms with Gasteiger partial charge in [0.1, 0.15) is 13.2 Å². The molecule has 0 bridgehead atoms. The van der Waals surface area contributed by atoms with Gasteiger partial charge in [-0.3, -0.25) is 0 Å². The van der Waals surface area contributed by atoms with E-state index in [1.54, 1.807) is 0 Å². The molecule has 68 valence electrons. The van der Waals surface area contributed by atoms with Gasteiger partial charge in [-0.15, -0.1) is 6.58 Å². The van der Waals surface area contributed by atoms with Crippen molar-refractivity contribution in [1.29, 1.82) is 0 Å². The highest BCUT2D eigenvalue weighted by molar-refractivity contribution is 5.60. The first-order chi connectivity index (χ1) is 5.72. The van der Waals surface area contributed by atoms with Crippen LogP contribution in [-0.2, 0) is 9.47 Å². The van der Waals surface area contributed by atoms with Gasteiger partial charge in [0.25, 0.3) is 0 Å². The SMILES string of the molecule is C=CCC1(CC)COC(=O)OC1. The lowest BCUT2D eigenvalue weighted by Gasteiger charge is -2.33. The summed E-state index contributed by atoms with van der Waals surface area (Å²) in [7, 11) is 0. The van der Waals surface area contributed by atoms with Crippen LogP contribution in [0, 0.1) is 5.41 Å². The second kappa shape index (κ2) is 3.61. The number of ether oxygens (including phenoxy) is 2. The zero-order valence-electron chi connectivity index (χ0n) is 7.34. The topological polar surface area (TPSA) is 35.5 Å². The lowest BCUT2D eigenvalue weighted by atomic mass is 9.83. The summed E-state index contributed by atoms with van der Waals surface area (Å²) in [6.07, 6.45) is 3.05. The number of carbonyl (C=O) groups is 1. The maximum atomic E-state index is 10.6. The smallest absolute Gasteiger partial charge is 0.434 e. The van der Waals surface area contributed by atoms with Crippen LogP contribution < -0.4 is 0 Å². The molecule has 1 heterocycles. The van der Waals surface area contributed by atoms with Gasteiger partial charge in [0.15, 0.2) is 0 Å². The van der Waals surface area contributed by atoms with Gasteiger partial charge < -0.3 is 9.47 Å². The standard InChI is InChI=1S/C9H14O3/c1-3-5-9(4-2)6-11-8(10)12-7-9/h3H,1,4-7H2,2H3. The first kappa shape index (κ1) is 9.10. The van der Waals surface area contributed by atoms with Crippen molar-refractivity contribution >= 4 is 6.16 Å². The summed E-state index contributed by atoms with van der Waals surface area (Å²) >= 11 is 0. The summed E-state index contributed by atoms with van der Waals surface area (Å²) in [5, 5.41) is 0. The fourth-order valence-electron chi connectivity index (χ4n) is 1.28. The predicted molar refractivity (Wildman–Crippen MR) is 44.8 cm³/mol. The third kappa shape index (κ3) is 1.78. The van der Waals surface area contributed by atoms with E-state index >= 15 is 0 Å². The first-order valence-electron chi connectivity index (χ1n) is 4.13. The van der Waals surface area contributed by atoms with Crippen LogP contribution in [-0.4, -0.2) is 19.4 Å². The number of hydrogen-bond donors (Lipinski definition) is 0. The Bertz CT molecular complexity index is 176. The summed E-state index contributed by atoms with van der Waals surface area (Å²) in [6, 6.07) is 0. The Morgan fingerprint density at radius 2 is 2.17 bits per heavy atom. The van der Waals surface area contributed by atoms with Crippen molar-refractivity contribution in [3.05, 3.63) is 12.7 Å². The van der Waals surface area contributed by atoms with E-state index in [2.05, 4.69) is 13.5 Å². The maximum Gasteiger partial charge on any atom is 0.508 e. The van der Waals surface area contributed by atoms with Crippen molar-refractivity contribution in [2.24, 2.45) is 5.41 Å². The molecule has 0 spiro atoms. The number of allylic oxidation sites excluding steroid dienone is 1. The molecule has 0 atom stereocenters. The number of carbonyl (C=O) groups excluding carboxylic acids is 1. The molecular weight excluding hydrogens is 156 g/mol. The Morgan fingerprint density at radius 1 is 1.58 bits per heavy atom. The fourth-order valence-corrected chi connectivity index (χ4v) is 1.28. The molecule has 3 nitrogen and oxygen atoms in total. The van der Waals surface area contributed by atoms with Crippen molar-refractivity contribution in [2.45, 2.75) is 19.8 Å². The van der Waals surface area contributed by atoms with E-state index in [9.17, 15) is 4.79 Å². The Hall–Kier alpha value is -0.990. The number of cyclic esters (lactones) is 2. The largest absolute Gasteiger partial charge is 0.508 e. The van der Waals surface area contributed by atoms with E-state index in [-0.39, 0.29) is 5.41 Å². The Morgan fingerprint density at radius 3 is 2.58 bits per heavy atom. The molecule has 12 heavy (non-hydrogen) atoms. The molecule has 0 amide bonds. The maximum absolute atomic E-state index is 10.6. The molecule has 1 fully saturated rings. The van der Waals surface area contributed by atoms with Crippen LogP contribution in [0.15, 0.2) is 12.7 Å². The van der Waals surface area contributed by atoms with Gasteiger partial charge >= 0.3 is 6.16 Å². The second-order valence-electron chi connectivity index (χ2n) is 3.17. The quantitative estimate of drug-likeness (QED) is 0.480. The van der Waals surface area contributed by atoms with Crippen molar-refractivity contribution in [3.8, 4) is 0 Å². The minimum Gasteiger partial charge on any atom is -0.434 e. The van der Waals surface area contributed by atoms with Crippen LogP contribution in [0.4, 0.5) is 4.79 Å². The van der Waals surface area contributed by atoms with Gasteiger partial charge in [-0.2, -0.15) is 0 Å². The zero-order chi connectivity index (χ0) is 9.03. The van der Waals surface area contributed by atoms with Crippen molar-refractivity contribution < 1.29 is 14.3 Å². The Labute approximate surface area is 72.4 Å². The molecule has 0 N–H and O–H groups in total. The minimum atomic E-state index is -0.553. The first-order valence-corrected chi connectivity index (χ1v) is 4.13. The molecule has 0 aromatic heterocycles. The minimum absolute atomic E-state index is 0.0321. The van der Waals surface area contributed by atoms with Gasteiger partial charge in [-0.25, -0.2) is 4.79 Å². The van der Waals surface area contributed by atoms with Crippen molar-refractivity contribution in [3.63, 3.8) is 0 Å². The Balaban J connectivity index is 2.56. The molecule has 0 unspecified atom stereocenters. The molecule has 1 rings (SSSR count). The molecule has 1 saturated heterocycles. The third-order valence-electron chi connectivity index (χ3n) is 2.32. The van der Waals surface area contributed by atoms with Gasteiger partial charge in [0, 0.05) is 5.41 Å². The molecule has 0 aliphatic carbocycles. The lowest BCUT2D eigenvalue weighted by Crippen LogP contribution is -2.38. The fraction of sp³-hybridized carbons (Fsp3) is 0.667. The molecule has 0 aromatic carbocycles. The molecule has 1 aliphatic heterocycles. The van der Waals surface area contributed by atoms with Crippen LogP contribution in [0.2, 0.25) is 0 Å². The highest BCUT2D eigenvalue weighted by Gasteiger charge is 2.34. The average Bonchev–Trinajstić information content (AvgIpc) is 2.10. The van der Waals surface area contributed by atoms with Crippen molar-refractivity contribution in [2.75, 3.05) is 13.2 Å². The lowest BCUT2D eigenvalue weighted by molar-refractivity contribution is -0.0601. The predicted octanol–water partition coefficient (Wildman–Crippen LogP) is 2.13. The average molecular weight is 170 g/mol. The zero-order valence-corrected chi connectivity index (χ0v) is 7.34. The van der Waals surface area contributed by atoms with E-state index in [0.29, 0.717) is 13.2 Å². The normalized spacial score (nSPS) is 20.9. The van der Waals surface area contributed by atoms with Crippen molar-refractivity contribution in [1.82, 2.24) is 0 Å². The summed E-state index contributed by atoms with van der Waals surface area (Å²) in [4.78, 5) is 10.6. The van der Waals surface area contributed by atoms with E-state index in [1.165, 1.54) is 0 Å². The summed E-state index contributed by atoms with van der Waals surface area (Å²) in [5.74, 6) is 0. The van der Waals surface area contributed by atoms with Gasteiger partial charge in [0.05, 0.1) is 0 Å². The molecular formula is C9H14O3. The van der Waals surface area contributed by atoms with Crippen LogP contribution in [0.5, 0.6) is 0 Å². The van der Waals surface area contributed by atoms with Gasteiger partial charge in [-0.05, 0) is 12.8 Å². The van der Waals surface area contributed by atoms with Crippen LogP contribution in [0.1, 0.15) is 19.8 Å². The van der Waals surface area contributed by atoms with E-state index < -0.39 is 6.16 Å². The molecule has 0 aromatic rings. The molecule has 3 heteroatoms. The van der Waals surface area contributed by atoms with Crippen LogP contribution in [0.25, 0.3) is 0 Å². The van der Waals surface area contributed by atoms with E-state index in [4.69, 9.17) is 9.47 Å². The van der Waals surface area contributed by atoms with E-state index in [0.717, 1.165) is 12.8 Å².